The lowest BCUT2D eigenvalue weighted by molar-refractivity contribution is -0.111. The summed E-state index contributed by atoms with van der Waals surface area (Å²) in [5, 5.41) is 2.56. The Morgan fingerprint density at radius 1 is 1.07 bits per heavy atom. The summed E-state index contributed by atoms with van der Waals surface area (Å²) < 4.78 is 55.1. The van der Waals surface area contributed by atoms with Crippen LogP contribution in [-0.2, 0) is 20.7 Å². The molecule has 2 aromatic rings. The Kier molecular flexibility index (Phi) is 6.23. The van der Waals surface area contributed by atoms with Crippen LogP contribution in [0.3, 0.4) is 0 Å². The van der Waals surface area contributed by atoms with Crippen molar-refractivity contribution in [1.82, 2.24) is 4.31 Å². The molecule has 160 valence electrons. The molecular formula is C21H23F2N3O3S. The number of amides is 1. The molecule has 0 unspecified atom stereocenters. The van der Waals surface area contributed by atoms with Crippen molar-refractivity contribution >= 4 is 27.3 Å². The zero-order chi connectivity index (χ0) is 21.9. The molecule has 2 aromatic carbocycles. The fourth-order valence-corrected chi connectivity index (χ4v) is 4.76. The zero-order valence-electron chi connectivity index (χ0n) is 16.5. The summed E-state index contributed by atoms with van der Waals surface area (Å²) in [4.78, 5) is 13.2. The Morgan fingerprint density at radius 3 is 2.23 bits per heavy atom. The average molecular weight is 435 g/mol. The molecule has 1 saturated heterocycles. The summed E-state index contributed by atoms with van der Waals surface area (Å²) in [5.41, 5.74) is 0.809. The Balaban J connectivity index is 1.72. The molecule has 1 amide bonds. The summed E-state index contributed by atoms with van der Waals surface area (Å²) in [6, 6.07) is 12.1. The number of carbonyl (C=O) groups excluding carboxylic acids is 1. The van der Waals surface area contributed by atoms with Gasteiger partial charge in [0.2, 0.25) is 15.9 Å². The highest BCUT2D eigenvalue weighted by atomic mass is 32.2. The number of benzene rings is 2. The topological polar surface area (TPSA) is 69.7 Å². The first-order valence-corrected chi connectivity index (χ1v) is 10.8. The van der Waals surface area contributed by atoms with Crippen LogP contribution in [0.15, 0.2) is 66.1 Å². The van der Waals surface area contributed by atoms with Gasteiger partial charge < -0.3 is 10.2 Å². The normalized spacial score (nSPS) is 15.6. The molecule has 0 aliphatic carbocycles. The zero-order valence-corrected chi connectivity index (χ0v) is 17.3. The average Bonchev–Trinajstić information content (AvgIpc) is 2.73. The molecule has 0 radical (unpaired) electrons. The van der Waals surface area contributed by atoms with E-state index in [1.165, 1.54) is 34.6 Å². The van der Waals surface area contributed by atoms with Gasteiger partial charge in [-0.05, 0) is 36.4 Å². The number of nitrogens with one attached hydrogen (secondary N) is 1. The summed E-state index contributed by atoms with van der Waals surface area (Å²) in [6.45, 7) is 5.19. The number of para-hydroxylation sites is 1. The van der Waals surface area contributed by atoms with Gasteiger partial charge >= 0.3 is 0 Å². The van der Waals surface area contributed by atoms with E-state index in [2.05, 4.69) is 11.9 Å². The van der Waals surface area contributed by atoms with E-state index < -0.39 is 15.9 Å². The van der Waals surface area contributed by atoms with Gasteiger partial charge in [0, 0.05) is 50.0 Å². The van der Waals surface area contributed by atoms with E-state index in [0.29, 0.717) is 24.5 Å². The predicted octanol–water partition coefficient (Wildman–Crippen LogP) is 3.43. The number of rotatable bonds is 6. The van der Waals surface area contributed by atoms with Crippen molar-refractivity contribution in [3.05, 3.63) is 66.7 Å². The first-order valence-electron chi connectivity index (χ1n) is 9.39. The van der Waals surface area contributed by atoms with Crippen LogP contribution in [0, 0.1) is 0 Å². The smallest absolute Gasteiger partial charge is 0.272 e. The van der Waals surface area contributed by atoms with Gasteiger partial charge in [-0.1, -0.05) is 24.8 Å². The lowest BCUT2D eigenvalue weighted by atomic mass is 10.1. The number of hydrogen-bond donors (Lipinski definition) is 1. The largest absolute Gasteiger partial charge is 0.368 e. The van der Waals surface area contributed by atoms with Crippen molar-refractivity contribution in [1.29, 1.82) is 0 Å². The lowest BCUT2D eigenvalue weighted by Gasteiger charge is -2.36. The fraction of sp³-hybridized carbons (Fsp3) is 0.286. The Bertz CT molecular complexity index is 1030. The predicted molar refractivity (Wildman–Crippen MR) is 112 cm³/mol. The van der Waals surface area contributed by atoms with Gasteiger partial charge in [0.15, 0.2) is 0 Å². The van der Waals surface area contributed by atoms with Gasteiger partial charge in [-0.3, -0.25) is 4.79 Å². The lowest BCUT2D eigenvalue weighted by Crippen LogP contribution is -2.49. The van der Waals surface area contributed by atoms with Gasteiger partial charge in [-0.15, -0.1) is 0 Å². The molecule has 0 spiro atoms. The van der Waals surface area contributed by atoms with Crippen LogP contribution in [0.25, 0.3) is 0 Å². The van der Waals surface area contributed by atoms with E-state index in [0.717, 1.165) is 13.0 Å². The highest BCUT2D eigenvalue weighted by Gasteiger charge is 2.33. The molecule has 0 aromatic heterocycles. The van der Waals surface area contributed by atoms with Crippen molar-refractivity contribution in [2.45, 2.75) is 17.7 Å². The molecule has 9 heteroatoms. The van der Waals surface area contributed by atoms with Crippen LogP contribution in [0.4, 0.5) is 20.2 Å². The molecule has 0 bridgehead atoms. The maximum absolute atomic E-state index is 13.9. The second kappa shape index (κ2) is 8.53. The molecule has 30 heavy (non-hydrogen) atoms. The number of halogens is 2. The van der Waals surface area contributed by atoms with Crippen LogP contribution in [0.2, 0.25) is 0 Å². The van der Waals surface area contributed by atoms with Crippen LogP contribution in [-0.4, -0.2) is 44.8 Å². The molecule has 0 saturated carbocycles. The Labute approximate surface area is 174 Å². The molecule has 1 heterocycles. The van der Waals surface area contributed by atoms with E-state index in [1.807, 2.05) is 0 Å². The van der Waals surface area contributed by atoms with Crippen LogP contribution in [0.5, 0.6) is 0 Å². The molecule has 6 nitrogen and oxygen atoms in total. The quantitative estimate of drug-likeness (QED) is 0.706. The second-order valence-corrected chi connectivity index (χ2v) is 8.95. The summed E-state index contributed by atoms with van der Waals surface area (Å²) >= 11 is 0. The van der Waals surface area contributed by atoms with E-state index in [9.17, 15) is 22.0 Å². The van der Waals surface area contributed by atoms with Crippen LogP contribution >= 0.6 is 0 Å². The molecule has 1 fully saturated rings. The van der Waals surface area contributed by atoms with Crippen molar-refractivity contribution in [3.8, 4) is 0 Å². The molecule has 3 rings (SSSR count). The third-order valence-electron chi connectivity index (χ3n) is 4.90. The fourth-order valence-electron chi connectivity index (χ4n) is 3.34. The monoisotopic (exact) mass is 435 g/mol. The minimum Gasteiger partial charge on any atom is -0.368 e. The maximum atomic E-state index is 13.9. The van der Waals surface area contributed by atoms with Crippen molar-refractivity contribution in [2.24, 2.45) is 0 Å². The summed E-state index contributed by atoms with van der Waals surface area (Å²) in [6.07, 6.45) is 1.12. The first kappa shape index (κ1) is 21.9. The highest BCUT2D eigenvalue weighted by Crippen LogP contribution is 2.35. The minimum atomic E-state index is -3.73. The standard InChI is InChI=1S/C21H23F2N3O3S/c1-3-20(27)24-16-8-10-17(11-9-16)30(28,29)26-14-12-25(13-15-26)19-7-5-4-6-18(19)21(2,22)23/h3-11H,1,12-15H2,2H3,(H,24,27). The molecule has 0 atom stereocenters. The number of anilines is 2. The molecule has 1 N–H and O–H groups in total. The third kappa shape index (κ3) is 4.68. The number of piperazine rings is 1. The minimum absolute atomic E-state index is 0.0709. The van der Waals surface area contributed by atoms with E-state index in [1.54, 1.807) is 23.1 Å². The molecule has 1 aliphatic rings. The summed E-state index contributed by atoms with van der Waals surface area (Å²) in [5.74, 6) is -3.37. The van der Waals surface area contributed by atoms with Gasteiger partial charge in [-0.2, -0.15) is 4.31 Å². The van der Waals surface area contributed by atoms with E-state index in [4.69, 9.17) is 0 Å². The van der Waals surface area contributed by atoms with E-state index in [-0.39, 0.29) is 29.5 Å². The number of hydrogen-bond acceptors (Lipinski definition) is 4. The van der Waals surface area contributed by atoms with E-state index >= 15 is 0 Å². The molecular weight excluding hydrogens is 412 g/mol. The maximum Gasteiger partial charge on any atom is 0.272 e. The van der Waals surface area contributed by atoms with Gasteiger partial charge in [0.05, 0.1) is 4.90 Å². The number of nitrogens with zero attached hydrogens (tertiary/aromatic N) is 2. The van der Waals surface area contributed by atoms with Crippen molar-refractivity contribution in [3.63, 3.8) is 0 Å². The van der Waals surface area contributed by atoms with Gasteiger partial charge in [-0.25, -0.2) is 17.2 Å². The van der Waals surface area contributed by atoms with Crippen molar-refractivity contribution < 1.29 is 22.0 Å². The number of alkyl halides is 2. The number of sulfonamides is 1. The molecule has 1 aliphatic heterocycles. The first-order chi connectivity index (χ1) is 14.1. The van der Waals surface area contributed by atoms with Gasteiger partial charge in [0.1, 0.15) is 0 Å². The SMILES string of the molecule is C=CC(=O)Nc1ccc(S(=O)(=O)N2CCN(c3ccccc3C(C)(F)F)CC2)cc1. The third-order valence-corrected chi connectivity index (χ3v) is 6.81. The van der Waals surface area contributed by atoms with Crippen LogP contribution < -0.4 is 10.2 Å². The Hall–Kier alpha value is -2.78. The Morgan fingerprint density at radius 2 is 1.67 bits per heavy atom. The summed E-state index contributed by atoms with van der Waals surface area (Å²) in [7, 11) is -3.73. The second-order valence-electron chi connectivity index (χ2n) is 7.01. The van der Waals surface area contributed by atoms with Crippen molar-refractivity contribution in [2.75, 3.05) is 36.4 Å². The van der Waals surface area contributed by atoms with Gasteiger partial charge in [0.25, 0.3) is 5.92 Å². The highest BCUT2D eigenvalue weighted by molar-refractivity contribution is 7.89. The number of carbonyl (C=O) groups is 1. The van der Waals surface area contributed by atoms with Crippen LogP contribution in [0.1, 0.15) is 12.5 Å².